The topological polar surface area (TPSA) is 76.0 Å². The molecule has 196 valence electrons. The van der Waals surface area contributed by atoms with E-state index in [4.69, 9.17) is 9.47 Å². The molecule has 0 bridgehead atoms. The van der Waals surface area contributed by atoms with E-state index in [9.17, 15) is 15.0 Å². The maximum Gasteiger partial charge on any atom is 0.168 e. The average Bonchev–Trinajstić information content (AvgIpc) is 2.87. The summed E-state index contributed by atoms with van der Waals surface area (Å²) in [5, 5.41) is 22.4. The van der Waals surface area contributed by atoms with Gasteiger partial charge in [0.2, 0.25) is 0 Å². The summed E-state index contributed by atoms with van der Waals surface area (Å²) in [4.78, 5) is 13.2. The highest BCUT2D eigenvalue weighted by molar-refractivity contribution is 5.90. The van der Waals surface area contributed by atoms with Gasteiger partial charge in [-0.3, -0.25) is 4.79 Å². The summed E-state index contributed by atoms with van der Waals surface area (Å²) in [7, 11) is 1.54. The standard InChI is InChI=1S/C32H38O5/c1-21-16-28(37-32(20-21)14-4-3-5-15-32)19-27(34)12-9-23-10-13-29(35)31(36-2)30(23)24-7-6-22-8-11-26(33)18-25(22)17-24/h6-8,10-11,13,17-18,21,28,33,35H,3-5,9,12,14-16,19-20H2,1-2H3/t21-,28-/m1/s1. The van der Waals surface area contributed by atoms with Crippen LogP contribution in [0.15, 0.2) is 48.5 Å². The van der Waals surface area contributed by atoms with Crippen molar-refractivity contribution in [3.8, 4) is 28.4 Å². The van der Waals surface area contributed by atoms with Gasteiger partial charge in [-0.15, -0.1) is 0 Å². The van der Waals surface area contributed by atoms with Crippen LogP contribution in [0.4, 0.5) is 0 Å². The fourth-order valence-electron chi connectivity index (χ4n) is 6.62. The third kappa shape index (κ3) is 5.62. The molecule has 2 fully saturated rings. The van der Waals surface area contributed by atoms with Gasteiger partial charge in [0.25, 0.3) is 0 Å². The van der Waals surface area contributed by atoms with Crippen LogP contribution >= 0.6 is 0 Å². The predicted octanol–water partition coefficient (Wildman–Crippen LogP) is 7.34. The Morgan fingerprint density at radius 3 is 2.59 bits per heavy atom. The van der Waals surface area contributed by atoms with E-state index in [1.54, 1.807) is 25.3 Å². The lowest BCUT2D eigenvalue weighted by Crippen LogP contribution is -2.45. The molecule has 2 N–H and O–H groups in total. The van der Waals surface area contributed by atoms with Crippen molar-refractivity contribution in [1.82, 2.24) is 0 Å². The molecule has 2 atom stereocenters. The number of ether oxygens (including phenoxy) is 2. The minimum Gasteiger partial charge on any atom is -0.508 e. The Morgan fingerprint density at radius 2 is 1.81 bits per heavy atom. The minimum absolute atomic E-state index is 0.0105. The van der Waals surface area contributed by atoms with Crippen molar-refractivity contribution in [2.24, 2.45) is 5.92 Å². The number of phenolic OH excluding ortho intramolecular Hbond substituents is 2. The van der Waals surface area contributed by atoms with Crippen molar-refractivity contribution in [2.45, 2.75) is 82.8 Å². The molecule has 1 aliphatic carbocycles. The van der Waals surface area contributed by atoms with Gasteiger partial charge in [-0.1, -0.05) is 50.5 Å². The lowest BCUT2D eigenvalue weighted by atomic mass is 9.75. The number of fused-ring (bicyclic) bond motifs is 1. The Labute approximate surface area is 219 Å². The Hall–Kier alpha value is -3.05. The van der Waals surface area contributed by atoms with E-state index in [0.29, 0.717) is 30.9 Å². The first kappa shape index (κ1) is 25.6. The van der Waals surface area contributed by atoms with Crippen LogP contribution in [0, 0.1) is 5.92 Å². The van der Waals surface area contributed by atoms with Crippen LogP contribution in [0.25, 0.3) is 21.9 Å². The van der Waals surface area contributed by atoms with Crippen molar-refractivity contribution >= 4 is 16.6 Å². The predicted molar refractivity (Wildman–Crippen MR) is 146 cm³/mol. The van der Waals surface area contributed by atoms with Crippen molar-refractivity contribution in [3.63, 3.8) is 0 Å². The molecule has 2 aliphatic rings. The Morgan fingerprint density at radius 1 is 1.03 bits per heavy atom. The number of Topliss-reactive ketones (excluding diaryl/α,β-unsaturated/α-hetero) is 1. The fourth-order valence-corrected chi connectivity index (χ4v) is 6.62. The lowest BCUT2D eigenvalue weighted by Gasteiger charge is -2.46. The van der Waals surface area contributed by atoms with Gasteiger partial charge in [-0.2, -0.15) is 0 Å². The van der Waals surface area contributed by atoms with E-state index in [1.165, 1.54) is 19.3 Å². The third-order valence-electron chi connectivity index (χ3n) is 8.24. The Kier molecular flexibility index (Phi) is 7.43. The summed E-state index contributed by atoms with van der Waals surface area (Å²) in [6.45, 7) is 2.30. The summed E-state index contributed by atoms with van der Waals surface area (Å²) in [5.74, 6) is 1.46. The zero-order valence-corrected chi connectivity index (χ0v) is 22.0. The fraction of sp³-hybridized carbons (Fsp3) is 0.469. The molecule has 5 heteroatoms. The van der Waals surface area contributed by atoms with Crippen LogP contribution in [-0.2, 0) is 16.0 Å². The molecular formula is C32H38O5. The van der Waals surface area contributed by atoms with Crippen molar-refractivity contribution < 1.29 is 24.5 Å². The number of aryl methyl sites for hydroxylation is 1. The van der Waals surface area contributed by atoms with E-state index >= 15 is 0 Å². The number of carbonyl (C=O) groups is 1. The molecule has 37 heavy (non-hydrogen) atoms. The Bertz CT molecular complexity index is 1270. The highest BCUT2D eigenvalue weighted by atomic mass is 16.5. The maximum atomic E-state index is 13.2. The average molecular weight is 503 g/mol. The van der Waals surface area contributed by atoms with Crippen LogP contribution in [0.5, 0.6) is 17.2 Å². The number of aromatic hydroxyl groups is 2. The summed E-state index contributed by atoms with van der Waals surface area (Å²) >= 11 is 0. The molecule has 0 unspecified atom stereocenters. The molecule has 5 rings (SSSR count). The van der Waals surface area contributed by atoms with Crippen molar-refractivity contribution in [3.05, 3.63) is 54.1 Å². The van der Waals surface area contributed by atoms with Gasteiger partial charge >= 0.3 is 0 Å². The SMILES string of the molecule is COc1c(O)ccc(CCC(=O)C[C@H]2C[C@@H](C)CC3(CCCCC3)O2)c1-c1ccc2ccc(O)cc2c1. The number of rotatable bonds is 7. The number of hydrogen-bond donors (Lipinski definition) is 2. The quantitative estimate of drug-likeness (QED) is 0.354. The van der Waals surface area contributed by atoms with Gasteiger partial charge < -0.3 is 19.7 Å². The zero-order valence-electron chi connectivity index (χ0n) is 22.0. The van der Waals surface area contributed by atoms with Crippen LogP contribution in [-0.4, -0.2) is 34.8 Å². The summed E-state index contributed by atoms with van der Waals surface area (Å²) in [6, 6.07) is 14.7. The largest absolute Gasteiger partial charge is 0.508 e. The van der Waals surface area contributed by atoms with E-state index in [1.807, 2.05) is 30.3 Å². The van der Waals surface area contributed by atoms with Crippen LogP contribution in [0.2, 0.25) is 0 Å². The van der Waals surface area contributed by atoms with E-state index in [-0.39, 0.29) is 29.0 Å². The smallest absolute Gasteiger partial charge is 0.168 e. The molecule has 1 heterocycles. The second kappa shape index (κ2) is 10.7. The van der Waals surface area contributed by atoms with Gasteiger partial charge in [-0.25, -0.2) is 0 Å². The molecule has 0 aromatic heterocycles. The molecule has 0 amide bonds. The van der Waals surface area contributed by atoms with E-state index < -0.39 is 0 Å². The molecule has 3 aromatic carbocycles. The number of methoxy groups -OCH3 is 1. The number of ketones is 1. The highest BCUT2D eigenvalue weighted by Crippen LogP contribution is 2.44. The minimum atomic E-state index is -0.0110. The molecule has 1 saturated carbocycles. The van der Waals surface area contributed by atoms with Gasteiger partial charge in [0, 0.05) is 18.4 Å². The normalized spacial score (nSPS) is 21.2. The molecule has 1 spiro atoms. The molecule has 3 aromatic rings. The summed E-state index contributed by atoms with van der Waals surface area (Å²) in [6.07, 6.45) is 9.52. The van der Waals surface area contributed by atoms with E-state index in [0.717, 1.165) is 53.1 Å². The molecule has 5 nitrogen and oxygen atoms in total. The maximum absolute atomic E-state index is 13.2. The van der Waals surface area contributed by atoms with E-state index in [2.05, 4.69) is 6.92 Å². The lowest BCUT2D eigenvalue weighted by molar-refractivity contribution is -0.164. The van der Waals surface area contributed by atoms with Crippen LogP contribution in [0.3, 0.4) is 0 Å². The third-order valence-corrected chi connectivity index (χ3v) is 8.24. The van der Waals surface area contributed by atoms with Crippen molar-refractivity contribution in [2.75, 3.05) is 7.11 Å². The first-order valence-corrected chi connectivity index (χ1v) is 13.7. The highest BCUT2D eigenvalue weighted by Gasteiger charge is 2.41. The molecule has 1 saturated heterocycles. The van der Waals surface area contributed by atoms with Gasteiger partial charge in [0.1, 0.15) is 11.5 Å². The zero-order chi connectivity index (χ0) is 26.0. The van der Waals surface area contributed by atoms with Crippen LogP contribution in [0.1, 0.15) is 70.3 Å². The first-order chi connectivity index (χ1) is 17.9. The van der Waals surface area contributed by atoms with Gasteiger partial charge in [0.15, 0.2) is 11.5 Å². The molecule has 1 aliphatic heterocycles. The number of phenols is 2. The first-order valence-electron chi connectivity index (χ1n) is 13.7. The van der Waals surface area contributed by atoms with Gasteiger partial charge in [0.05, 0.1) is 18.8 Å². The number of hydrogen-bond acceptors (Lipinski definition) is 5. The number of benzene rings is 3. The second-order valence-corrected chi connectivity index (χ2v) is 11.2. The Balaban J connectivity index is 1.34. The number of carbonyl (C=O) groups excluding carboxylic acids is 1. The second-order valence-electron chi connectivity index (χ2n) is 11.2. The van der Waals surface area contributed by atoms with Crippen molar-refractivity contribution in [1.29, 1.82) is 0 Å². The molecular weight excluding hydrogens is 464 g/mol. The molecule has 0 radical (unpaired) electrons. The van der Waals surface area contributed by atoms with Gasteiger partial charge in [-0.05, 0) is 84.2 Å². The van der Waals surface area contributed by atoms with Crippen LogP contribution < -0.4 is 4.74 Å². The summed E-state index contributed by atoms with van der Waals surface area (Å²) in [5.41, 5.74) is 2.59. The summed E-state index contributed by atoms with van der Waals surface area (Å²) < 4.78 is 12.2. The monoisotopic (exact) mass is 502 g/mol.